The fourth-order valence-electron chi connectivity index (χ4n) is 1.09. The van der Waals surface area contributed by atoms with Crippen molar-refractivity contribution >= 4 is 5.97 Å². The van der Waals surface area contributed by atoms with E-state index in [0.29, 0.717) is 12.1 Å². The van der Waals surface area contributed by atoms with Gasteiger partial charge in [-0.3, -0.25) is 0 Å². The summed E-state index contributed by atoms with van der Waals surface area (Å²) in [5, 5.41) is 12.2. The second-order valence-electron chi connectivity index (χ2n) is 2.74. The fraction of sp³-hybridized carbons (Fsp3) is 0.111. The van der Waals surface area contributed by atoms with Crippen LogP contribution in [-0.2, 0) is 6.42 Å². The Labute approximate surface area is 78.9 Å². The molecule has 2 rings (SSSR count). The number of carboxylic acid groups (broad SMARTS) is 1. The van der Waals surface area contributed by atoms with Gasteiger partial charge < -0.3 is 14.0 Å². The van der Waals surface area contributed by atoms with E-state index in [1.807, 2.05) is 0 Å². The van der Waals surface area contributed by atoms with Crippen molar-refractivity contribution in [1.29, 1.82) is 0 Å². The number of furan rings is 1. The number of carbonyl (C=O) groups is 1. The van der Waals surface area contributed by atoms with Crippen LogP contribution in [0.3, 0.4) is 0 Å². The monoisotopic (exact) mass is 193 g/mol. The Morgan fingerprint density at radius 1 is 1.57 bits per heavy atom. The van der Waals surface area contributed by atoms with Crippen molar-refractivity contribution in [3.05, 3.63) is 41.7 Å². The topological polar surface area (TPSA) is 76.5 Å². The second kappa shape index (κ2) is 3.37. The molecule has 5 nitrogen and oxygen atoms in total. The number of aromatic carboxylic acids is 1. The lowest BCUT2D eigenvalue weighted by Gasteiger charge is -1.87. The molecule has 0 fully saturated rings. The van der Waals surface area contributed by atoms with Crippen LogP contribution in [0, 0.1) is 0 Å². The van der Waals surface area contributed by atoms with Crippen molar-refractivity contribution < 1.29 is 18.8 Å². The maximum absolute atomic E-state index is 10.5. The summed E-state index contributed by atoms with van der Waals surface area (Å²) >= 11 is 0. The van der Waals surface area contributed by atoms with Gasteiger partial charge in [-0.2, -0.15) is 0 Å². The number of aromatic nitrogens is 1. The first kappa shape index (κ1) is 8.55. The van der Waals surface area contributed by atoms with E-state index in [1.165, 1.54) is 6.07 Å². The summed E-state index contributed by atoms with van der Waals surface area (Å²) in [5.74, 6) is -0.565. The van der Waals surface area contributed by atoms with Gasteiger partial charge in [0.25, 0.3) is 0 Å². The normalized spacial score (nSPS) is 10.3. The molecule has 0 aliphatic heterocycles. The minimum atomic E-state index is -1.12. The Morgan fingerprint density at radius 3 is 3.00 bits per heavy atom. The average molecular weight is 193 g/mol. The lowest BCUT2D eigenvalue weighted by atomic mass is 10.2. The van der Waals surface area contributed by atoms with Gasteiger partial charge in [0, 0.05) is 6.07 Å². The van der Waals surface area contributed by atoms with Crippen molar-refractivity contribution in [2.75, 3.05) is 0 Å². The maximum Gasteiger partial charge on any atom is 0.374 e. The molecule has 0 saturated heterocycles. The third-order valence-electron chi connectivity index (χ3n) is 1.71. The molecule has 2 heterocycles. The van der Waals surface area contributed by atoms with Crippen LogP contribution in [0.4, 0.5) is 0 Å². The van der Waals surface area contributed by atoms with E-state index in [0.717, 1.165) is 5.76 Å². The molecule has 2 aromatic heterocycles. The highest BCUT2D eigenvalue weighted by atomic mass is 16.5. The standard InChI is InChI=1S/C9H7NO4/c11-9(12)8-5-6(10-14-8)4-7-2-1-3-13-7/h1-3,5H,4H2,(H,11,12). The van der Waals surface area contributed by atoms with E-state index in [1.54, 1.807) is 18.4 Å². The molecule has 5 heteroatoms. The fourth-order valence-corrected chi connectivity index (χ4v) is 1.09. The number of carboxylic acids is 1. The van der Waals surface area contributed by atoms with Gasteiger partial charge in [-0.15, -0.1) is 0 Å². The van der Waals surface area contributed by atoms with Crippen LogP contribution in [0.2, 0.25) is 0 Å². The first-order chi connectivity index (χ1) is 6.75. The van der Waals surface area contributed by atoms with Crippen LogP contribution in [0.25, 0.3) is 0 Å². The summed E-state index contributed by atoms with van der Waals surface area (Å²) in [6.07, 6.45) is 1.98. The van der Waals surface area contributed by atoms with E-state index < -0.39 is 5.97 Å². The van der Waals surface area contributed by atoms with Crippen molar-refractivity contribution in [3.8, 4) is 0 Å². The number of hydrogen-bond acceptors (Lipinski definition) is 4. The lowest BCUT2D eigenvalue weighted by Crippen LogP contribution is -1.92. The molecule has 0 aliphatic rings. The summed E-state index contributed by atoms with van der Waals surface area (Å²) < 4.78 is 9.66. The molecule has 0 aromatic carbocycles. The Bertz CT molecular complexity index is 429. The summed E-state index contributed by atoms with van der Waals surface area (Å²) in [5.41, 5.74) is 0.539. The van der Waals surface area contributed by atoms with Gasteiger partial charge in [-0.25, -0.2) is 4.79 Å². The van der Waals surface area contributed by atoms with Crippen molar-refractivity contribution in [1.82, 2.24) is 5.16 Å². The molecular weight excluding hydrogens is 186 g/mol. The predicted octanol–water partition coefficient (Wildman–Crippen LogP) is 1.56. The van der Waals surface area contributed by atoms with Gasteiger partial charge >= 0.3 is 5.97 Å². The molecule has 1 N–H and O–H groups in total. The van der Waals surface area contributed by atoms with Crippen molar-refractivity contribution in [2.45, 2.75) is 6.42 Å². The quantitative estimate of drug-likeness (QED) is 0.800. The molecule has 0 saturated carbocycles. The van der Waals surface area contributed by atoms with E-state index in [9.17, 15) is 4.79 Å². The molecule has 14 heavy (non-hydrogen) atoms. The molecule has 0 bridgehead atoms. The van der Waals surface area contributed by atoms with Gasteiger partial charge in [0.05, 0.1) is 18.4 Å². The summed E-state index contributed by atoms with van der Waals surface area (Å²) in [4.78, 5) is 10.5. The Hall–Kier alpha value is -2.04. The van der Waals surface area contributed by atoms with Crippen LogP contribution in [0.1, 0.15) is 22.0 Å². The highest BCUT2D eigenvalue weighted by molar-refractivity contribution is 5.84. The number of nitrogens with zero attached hydrogens (tertiary/aromatic N) is 1. The highest BCUT2D eigenvalue weighted by Crippen LogP contribution is 2.10. The molecule has 0 radical (unpaired) electrons. The van der Waals surface area contributed by atoms with Crippen LogP contribution in [-0.4, -0.2) is 16.2 Å². The first-order valence-corrected chi connectivity index (χ1v) is 3.97. The minimum Gasteiger partial charge on any atom is -0.475 e. The van der Waals surface area contributed by atoms with Crippen LogP contribution >= 0.6 is 0 Å². The zero-order valence-electron chi connectivity index (χ0n) is 7.14. The molecule has 0 unspecified atom stereocenters. The van der Waals surface area contributed by atoms with Gasteiger partial charge in [-0.1, -0.05) is 5.16 Å². The van der Waals surface area contributed by atoms with E-state index in [2.05, 4.69) is 9.68 Å². The van der Waals surface area contributed by atoms with Crippen molar-refractivity contribution in [2.24, 2.45) is 0 Å². The molecule has 0 atom stereocenters. The SMILES string of the molecule is O=C(O)c1cc(Cc2ccco2)no1. The Morgan fingerprint density at radius 2 is 2.43 bits per heavy atom. The van der Waals surface area contributed by atoms with Gasteiger partial charge in [0.15, 0.2) is 0 Å². The van der Waals surface area contributed by atoms with E-state index >= 15 is 0 Å². The smallest absolute Gasteiger partial charge is 0.374 e. The van der Waals surface area contributed by atoms with Crippen LogP contribution in [0.15, 0.2) is 33.4 Å². The predicted molar refractivity (Wildman–Crippen MR) is 45.0 cm³/mol. The van der Waals surface area contributed by atoms with Crippen molar-refractivity contribution in [3.63, 3.8) is 0 Å². The van der Waals surface area contributed by atoms with E-state index in [-0.39, 0.29) is 5.76 Å². The first-order valence-electron chi connectivity index (χ1n) is 3.97. The highest BCUT2D eigenvalue weighted by Gasteiger charge is 2.11. The zero-order chi connectivity index (χ0) is 9.97. The van der Waals surface area contributed by atoms with Crippen LogP contribution in [0.5, 0.6) is 0 Å². The van der Waals surface area contributed by atoms with Gasteiger partial charge in [0.1, 0.15) is 5.76 Å². The molecule has 0 amide bonds. The molecule has 0 aliphatic carbocycles. The van der Waals surface area contributed by atoms with Crippen LogP contribution < -0.4 is 0 Å². The minimum absolute atomic E-state index is 0.161. The largest absolute Gasteiger partial charge is 0.475 e. The number of hydrogen-bond donors (Lipinski definition) is 1. The Kier molecular flexibility index (Phi) is 2.06. The molecule has 0 spiro atoms. The average Bonchev–Trinajstić information content (AvgIpc) is 2.75. The molecule has 72 valence electrons. The second-order valence-corrected chi connectivity index (χ2v) is 2.74. The summed E-state index contributed by atoms with van der Waals surface area (Å²) in [7, 11) is 0. The zero-order valence-corrected chi connectivity index (χ0v) is 7.14. The summed E-state index contributed by atoms with van der Waals surface area (Å²) in [6, 6.07) is 4.92. The maximum atomic E-state index is 10.5. The third-order valence-corrected chi connectivity index (χ3v) is 1.71. The number of rotatable bonds is 3. The Balaban J connectivity index is 2.14. The third kappa shape index (κ3) is 1.66. The van der Waals surface area contributed by atoms with Gasteiger partial charge in [0.2, 0.25) is 5.76 Å². The van der Waals surface area contributed by atoms with E-state index in [4.69, 9.17) is 9.52 Å². The summed E-state index contributed by atoms with van der Waals surface area (Å²) in [6.45, 7) is 0. The molecular formula is C9H7NO4. The van der Waals surface area contributed by atoms with Gasteiger partial charge in [-0.05, 0) is 12.1 Å². The molecule has 2 aromatic rings. The lowest BCUT2D eigenvalue weighted by molar-refractivity contribution is 0.0652.